The maximum Gasteiger partial charge on any atom is 0.0622 e. The van der Waals surface area contributed by atoms with Crippen LogP contribution in [0.4, 0.5) is 0 Å². The Morgan fingerprint density at radius 1 is 1.33 bits per heavy atom. The summed E-state index contributed by atoms with van der Waals surface area (Å²) in [5, 5.41) is 8.66. The van der Waals surface area contributed by atoms with Gasteiger partial charge < -0.3 is 0 Å². The molecule has 0 amide bonds. The first kappa shape index (κ1) is 13.1. The minimum Gasteiger partial charge on any atom is -0.296 e. The first-order valence-corrected chi connectivity index (χ1v) is 6.96. The van der Waals surface area contributed by atoms with Gasteiger partial charge in [-0.1, -0.05) is 30.3 Å². The Kier molecular flexibility index (Phi) is 4.78. The van der Waals surface area contributed by atoms with Crippen molar-refractivity contribution < 1.29 is 0 Å². The molecule has 0 saturated heterocycles. The van der Waals surface area contributed by atoms with E-state index in [2.05, 4.69) is 48.2 Å². The van der Waals surface area contributed by atoms with Crippen LogP contribution in [0.3, 0.4) is 0 Å². The van der Waals surface area contributed by atoms with Crippen LogP contribution in [0.1, 0.15) is 38.2 Å². The average Bonchev–Trinajstić information content (AvgIpc) is 3.22. The first-order chi connectivity index (χ1) is 8.81. The fourth-order valence-corrected chi connectivity index (χ4v) is 2.48. The van der Waals surface area contributed by atoms with Gasteiger partial charge in [0.05, 0.1) is 6.07 Å². The molecule has 1 unspecified atom stereocenters. The molecule has 0 radical (unpaired) electrons. The summed E-state index contributed by atoms with van der Waals surface area (Å²) in [6.07, 6.45) is 4.42. The Bertz CT molecular complexity index is 389. The summed E-state index contributed by atoms with van der Waals surface area (Å²) in [5.41, 5.74) is 1.38. The van der Waals surface area contributed by atoms with Crippen LogP contribution in [0.5, 0.6) is 0 Å². The number of hydrogen-bond donors (Lipinski definition) is 0. The van der Waals surface area contributed by atoms with Gasteiger partial charge in [-0.15, -0.1) is 0 Å². The van der Waals surface area contributed by atoms with E-state index in [0.29, 0.717) is 12.5 Å². The van der Waals surface area contributed by atoms with Crippen LogP contribution >= 0.6 is 0 Å². The van der Waals surface area contributed by atoms with Gasteiger partial charge in [-0.25, -0.2) is 0 Å². The van der Waals surface area contributed by atoms with Crippen molar-refractivity contribution in [2.75, 3.05) is 6.54 Å². The highest BCUT2D eigenvalue weighted by atomic mass is 15.2. The van der Waals surface area contributed by atoms with Crippen molar-refractivity contribution in [2.24, 2.45) is 5.92 Å². The summed E-state index contributed by atoms with van der Waals surface area (Å²) in [6, 6.07) is 13.6. The fourth-order valence-electron chi connectivity index (χ4n) is 2.48. The number of unbranched alkanes of at least 4 members (excludes halogenated alkanes) is 1. The van der Waals surface area contributed by atoms with Crippen molar-refractivity contribution in [3.8, 4) is 6.07 Å². The molecule has 0 heterocycles. The van der Waals surface area contributed by atoms with Crippen molar-refractivity contribution in [1.29, 1.82) is 5.26 Å². The quantitative estimate of drug-likeness (QED) is 0.683. The largest absolute Gasteiger partial charge is 0.296 e. The molecule has 0 aromatic heterocycles. The lowest BCUT2D eigenvalue weighted by molar-refractivity contribution is 0.179. The molecule has 0 N–H and O–H groups in total. The van der Waals surface area contributed by atoms with Gasteiger partial charge in [-0.05, 0) is 44.2 Å². The zero-order chi connectivity index (χ0) is 12.8. The first-order valence-electron chi connectivity index (χ1n) is 6.96. The molecule has 1 saturated carbocycles. The van der Waals surface area contributed by atoms with Gasteiger partial charge in [-0.2, -0.15) is 5.26 Å². The van der Waals surface area contributed by atoms with Gasteiger partial charge in [0, 0.05) is 19.0 Å². The molecule has 0 spiro atoms. The summed E-state index contributed by atoms with van der Waals surface area (Å²) in [5.74, 6) is 0.885. The number of nitriles is 1. The minimum atomic E-state index is 0.656. The lowest BCUT2D eigenvalue weighted by Gasteiger charge is -2.29. The average molecular weight is 242 g/mol. The summed E-state index contributed by atoms with van der Waals surface area (Å²) in [6.45, 7) is 4.40. The molecule has 18 heavy (non-hydrogen) atoms. The molecular formula is C16H22N2. The molecule has 1 aromatic carbocycles. The van der Waals surface area contributed by atoms with E-state index in [0.717, 1.165) is 25.4 Å². The van der Waals surface area contributed by atoms with Gasteiger partial charge >= 0.3 is 0 Å². The van der Waals surface area contributed by atoms with Crippen molar-refractivity contribution in [3.63, 3.8) is 0 Å². The van der Waals surface area contributed by atoms with Crippen molar-refractivity contribution >= 4 is 0 Å². The van der Waals surface area contributed by atoms with E-state index < -0.39 is 0 Å². The van der Waals surface area contributed by atoms with Gasteiger partial charge in [0.15, 0.2) is 0 Å². The van der Waals surface area contributed by atoms with E-state index in [4.69, 9.17) is 5.26 Å². The second-order valence-corrected chi connectivity index (χ2v) is 5.30. The van der Waals surface area contributed by atoms with Crippen molar-refractivity contribution in [3.05, 3.63) is 35.9 Å². The Balaban J connectivity index is 1.93. The van der Waals surface area contributed by atoms with Crippen molar-refractivity contribution in [1.82, 2.24) is 4.90 Å². The van der Waals surface area contributed by atoms with Gasteiger partial charge in [-0.3, -0.25) is 4.90 Å². The number of rotatable bonds is 7. The molecule has 1 fully saturated rings. The molecule has 1 aliphatic carbocycles. The molecule has 0 bridgehead atoms. The van der Waals surface area contributed by atoms with E-state index in [-0.39, 0.29) is 0 Å². The molecule has 1 aromatic rings. The SMILES string of the molecule is CC(C1CC1)N(CCCC#N)Cc1ccccc1. The van der Waals surface area contributed by atoms with Crippen LogP contribution < -0.4 is 0 Å². The maximum absolute atomic E-state index is 8.66. The Labute approximate surface area is 110 Å². The normalized spacial score (nSPS) is 16.5. The Hall–Kier alpha value is -1.33. The highest BCUT2D eigenvalue weighted by Crippen LogP contribution is 2.35. The number of hydrogen-bond acceptors (Lipinski definition) is 2. The standard InChI is InChI=1S/C16H22N2/c1-14(16-9-10-16)18(12-6-5-11-17)13-15-7-3-2-4-8-15/h2-4,7-8,14,16H,5-6,9-10,12-13H2,1H3. The smallest absolute Gasteiger partial charge is 0.0622 e. The minimum absolute atomic E-state index is 0.656. The third-order valence-electron chi connectivity index (χ3n) is 3.84. The summed E-state index contributed by atoms with van der Waals surface area (Å²) < 4.78 is 0. The second-order valence-electron chi connectivity index (χ2n) is 5.30. The summed E-state index contributed by atoms with van der Waals surface area (Å²) in [4.78, 5) is 2.55. The van der Waals surface area contributed by atoms with Gasteiger partial charge in [0.25, 0.3) is 0 Å². The van der Waals surface area contributed by atoms with Crippen molar-refractivity contribution in [2.45, 2.75) is 45.2 Å². The molecule has 96 valence electrons. The molecule has 2 rings (SSSR count). The Morgan fingerprint density at radius 2 is 2.06 bits per heavy atom. The monoisotopic (exact) mass is 242 g/mol. The molecule has 1 atom stereocenters. The van der Waals surface area contributed by atoms with E-state index in [1.54, 1.807) is 0 Å². The van der Waals surface area contributed by atoms with Crippen LogP contribution in [0.2, 0.25) is 0 Å². The molecule has 1 aliphatic rings. The highest BCUT2D eigenvalue weighted by Gasteiger charge is 2.31. The molecular weight excluding hydrogens is 220 g/mol. The van der Waals surface area contributed by atoms with Crippen LogP contribution in [-0.4, -0.2) is 17.5 Å². The summed E-state index contributed by atoms with van der Waals surface area (Å²) >= 11 is 0. The Morgan fingerprint density at radius 3 is 2.67 bits per heavy atom. The predicted molar refractivity (Wildman–Crippen MR) is 73.9 cm³/mol. The van der Waals surface area contributed by atoms with E-state index >= 15 is 0 Å². The fraction of sp³-hybridized carbons (Fsp3) is 0.562. The second kappa shape index (κ2) is 6.56. The summed E-state index contributed by atoms with van der Waals surface area (Å²) in [7, 11) is 0. The molecule has 2 nitrogen and oxygen atoms in total. The molecule has 2 heteroatoms. The lowest BCUT2D eigenvalue weighted by atomic mass is 10.1. The third kappa shape index (κ3) is 3.85. The number of benzene rings is 1. The number of nitrogens with zero attached hydrogens (tertiary/aromatic N) is 2. The lowest BCUT2D eigenvalue weighted by Crippen LogP contribution is -2.35. The molecule has 0 aliphatic heterocycles. The predicted octanol–water partition coefficient (Wildman–Crippen LogP) is 3.59. The van der Waals surface area contributed by atoms with E-state index in [1.165, 1.54) is 18.4 Å². The highest BCUT2D eigenvalue weighted by molar-refractivity contribution is 5.14. The van der Waals surface area contributed by atoms with Crippen LogP contribution in [0, 0.1) is 17.2 Å². The zero-order valence-electron chi connectivity index (χ0n) is 11.2. The van der Waals surface area contributed by atoms with Crippen LogP contribution in [-0.2, 0) is 6.54 Å². The van der Waals surface area contributed by atoms with E-state index in [1.807, 2.05) is 0 Å². The van der Waals surface area contributed by atoms with Crippen LogP contribution in [0.15, 0.2) is 30.3 Å². The topological polar surface area (TPSA) is 27.0 Å². The maximum atomic E-state index is 8.66. The van der Waals surface area contributed by atoms with Gasteiger partial charge in [0.1, 0.15) is 0 Å². The zero-order valence-corrected chi connectivity index (χ0v) is 11.2. The van der Waals surface area contributed by atoms with Crippen LogP contribution in [0.25, 0.3) is 0 Å². The van der Waals surface area contributed by atoms with Gasteiger partial charge in [0.2, 0.25) is 0 Å². The van der Waals surface area contributed by atoms with E-state index in [9.17, 15) is 0 Å². The third-order valence-corrected chi connectivity index (χ3v) is 3.84.